The number of pyridine rings is 1. The average molecular weight is 289 g/mol. The van der Waals surface area contributed by atoms with Crippen LogP contribution in [-0.4, -0.2) is 29.9 Å². The molecule has 1 unspecified atom stereocenters. The second kappa shape index (κ2) is 7.26. The van der Waals surface area contributed by atoms with E-state index in [2.05, 4.69) is 28.2 Å². The molecule has 0 saturated heterocycles. The Bertz CT molecular complexity index is 595. The van der Waals surface area contributed by atoms with Gasteiger partial charge in [0.25, 0.3) is 0 Å². The number of rotatable bonds is 5. The van der Waals surface area contributed by atoms with Crippen LogP contribution in [0.5, 0.6) is 0 Å². The molecule has 2 N–H and O–H groups in total. The van der Waals surface area contributed by atoms with Crippen LogP contribution in [0.15, 0.2) is 41.5 Å². The van der Waals surface area contributed by atoms with E-state index < -0.39 is 0 Å². The molecule has 2 aromatic rings. The SMILES string of the molecule is COCC(C)N=C(N)SCc1cccc2cccnc12. The summed E-state index contributed by atoms with van der Waals surface area (Å²) in [5.74, 6) is 0.767. The van der Waals surface area contributed by atoms with Gasteiger partial charge in [-0.25, -0.2) is 0 Å². The maximum absolute atomic E-state index is 5.93. The molecule has 1 aromatic carbocycles. The Kier molecular flexibility index (Phi) is 5.38. The Hall–Kier alpha value is -1.59. The van der Waals surface area contributed by atoms with Crippen molar-refractivity contribution in [1.29, 1.82) is 0 Å². The number of methoxy groups -OCH3 is 1. The third kappa shape index (κ3) is 3.95. The first-order valence-corrected chi connectivity index (χ1v) is 7.47. The van der Waals surface area contributed by atoms with Gasteiger partial charge < -0.3 is 10.5 Å². The Balaban J connectivity index is 2.06. The fraction of sp³-hybridized carbons (Fsp3) is 0.333. The molecule has 1 atom stereocenters. The number of hydrogen-bond donors (Lipinski definition) is 1. The van der Waals surface area contributed by atoms with E-state index in [0.29, 0.717) is 11.8 Å². The molecule has 4 nitrogen and oxygen atoms in total. The Morgan fingerprint density at radius 2 is 2.20 bits per heavy atom. The Labute approximate surface area is 123 Å². The summed E-state index contributed by atoms with van der Waals surface area (Å²) < 4.78 is 5.04. The number of aromatic nitrogens is 1. The van der Waals surface area contributed by atoms with E-state index in [4.69, 9.17) is 10.5 Å². The number of nitrogens with two attached hydrogens (primary N) is 1. The predicted molar refractivity (Wildman–Crippen MR) is 86.0 cm³/mol. The number of thioether (sulfide) groups is 1. The number of fused-ring (bicyclic) bond motifs is 1. The molecule has 20 heavy (non-hydrogen) atoms. The number of nitrogens with zero attached hydrogens (tertiary/aromatic N) is 2. The van der Waals surface area contributed by atoms with Gasteiger partial charge in [-0.05, 0) is 18.6 Å². The maximum Gasteiger partial charge on any atom is 0.154 e. The summed E-state index contributed by atoms with van der Waals surface area (Å²) in [5.41, 5.74) is 8.13. The van der Waals surface area contributed by atoms with Crippen molar-refractivity contribution in [2.75, 3.05) is 13.7 Å². The summed E-state index contributed by atoms with van der Waals surface area (Å²) in [6.07, 6.45) is 1.81. The highest BCUT2D eigenvalue weighted by Crippen LogP contribution is 2.20. The summed E-state index contributed by atoms with van der Waals surface area (Å²) >= 11 is 1.53. The normalized spacial score (nSPS) is 13.6. The van der Waals surface area contributed by atoms with Gasteiger partial charge in [0.2, 0.25) is 0 Å². The number of benzene rings is 1. The van der Waals surface area contributed by atoms with Crippen LogP contribution >= 0.6 is 11.8 Å². The molecule has 0 aliphatic carbocycles. The molecule has 0 amide bonds. The van der Waals surface area contributed by atoms with Crippen molar-refractivity contribution >= 4 is 27.8 Å². The maximum atomic E-state index is 5.93. The summed E-state index contributed by atoms with van der Waals surface area (Å²) in [6, 6.07) is 10.3. The quantitative estimate of drug-likeness (QED) is 0.679. The van der Waals surface area contributed by atoms with Crippen molar-refractivity contribution in [2.24, 2.45) is 10.7 Å². The number of para-hydroxylation sites is 1. The van der Waals surface area contributed by atoms with E-state index in [9.17, 15) is 0 Å². The van der Waals surface area contributed by atoms with Crippen LogP contribution in [0.1, 0.15) is 12.5 Å². The molecule has 5 heteroatoms. The van der Waals surface area contributed by atoms with Gasteiger partial charge in [0, 0.05) is 24.4 Å². The molecule has 0 bridgehead atoms. The largest absolute Gasteiger partial charge is 0.382 e. The van der Waals surface area contributed by atoms with E-state index in [1.165, 1.54) is 17.3 Å². The molecule has 0 aliphatic rings. The molecule has 0 radical (unpaired) electrons. The van der Waals surface area contributed by atoms with Gasteiger partial charge >= 0.3 is 0 Å². The minimum Gasteiger partial charge on any atom is -0.382 e. The van der Waals surface area contributed by atoms with Crippen LogP contribution in [0.25, 0.3) is 10.9 Å². The molecule has 1 aromatic heterocycles. The Morgan fingerprint density at radius 3 is 3.00 bits per heavy atom. The zero-order valence-electron chi connectivity index (χ0n) is 11.7. The number of amidine groups is 1. The van der Waals surface area contributed by atoms with Gasteiger partial charge in [-0.15, -0.1) is 0 Å². The highest BCUT2D eigenvalue weighted by atomic mass is 32.2. The van der Waals surface area contributed by atoms with Gasteiger partial charge in [-0.3, -0.25) is 9.98 Å². The van der Waals surface area contributed by atoms with Crippen LogP contribution < -0.4 is 5.73 Å². The second-order valence-corrected chi connectivity index (χ2v) is 5.55. The molecular weight excluding hydrogens is 270 g/mol. The highest BCUT2D eigenvalue weighted by molar-refractivity contribution is 8.13. The van der Waals surface area contributed by atoms with Crippen LogP contribution in [0.4, 0.5) is 0 Å². The van der Waals surface area contributed by atoms with E-state index >= 15 is 0 Å². The van der Waals surface area contributed by atoms with Crippen molar-refractivity contribution in [3.8, 4) is 0 Å². The van der Waals surface area contributed by atoms with E-state index in [0.717, 1.165) is 16.7 Å². The molecule has 0 aliphatic heterocycles. The first-order chi connectivity index (χ1) is 9.70. The summed E-state index contributed by atoms with van der Waals surface area (Å²) in [6.45, 7) is 2.56. The zero-order chi connectivity index (χ0) is 14.4. The van der Waals surface area contributed by atoms with E-state index in [1.807, 2.05) is 25.3 Å². The minimum atomic E-state index is 0.0816. The number of ether oxygens (including phenoxy) is 1. The van der Waals surface area contributed by atoms with Crippen LogP contribution in [0.3, 0.4) is 0 Å². The van der Waals surface area contributed by atoms with Crippen LogP contribution in [0, 0.1) is 0 Å². The molecule has 0 saturated carbocycles. The van der Waals surface area contributed by atoms with Crippen molar-refractivity contribution < 1.29 is 4.74 Å². The van der Waals surface area contributed by atoms with Crippen molar-refractivity contribution in [3.05, 3.63) is 42.1 Å². The standard InChI is InChI=1S/C15H19N3OS/c1-11(9-19-2)18-15(16)20-10-13-6-3-5-12-7-4-8-17-14(12)13/h3-8,11H,9-10H2,1-2H3,(H2,16,18). The minimum absolute atomic E-state index is 0.0816. The monoisotopic (exact) mass is 289 g/mol. The topological polar surface area (TPSA) is 60.5 Å². The van der Waals surface area contributed by atoms with Gasteiger partial charge in [0.05, 0.1) is 18.2 Å². The highest BCUT2D eigenvalue weighted by Gasteiger charge is 2.05. The van der Waals surface area contributed by atoms with Crippen molar-refractivity contribution in [3.63, 3.8) is 0 Å². The van der Waals surface area contributed by atoms with E-state index in [-0.39, 0.29) is 6.04 Å². The lowest BCUT2D eigenvalue weighted by molar-refractivity contribution is 0.186. The third-order valence-corrected chi connectivity index (χ3v) is 3.70. The lowest BCUT2D eigenvalue weighted by Gasteiger charge is -2.08. The molecule has 2 rings (SSSR count). The first-order valence-electron chi connectivity index (χ1n) is 6.48. The zero-order valence-corrected chi connectivity index (χ0v) is 12.6. The smallest absolute Gasteiger partial charge is 0.154 e. The fourth-order valence-corrected chi connectivity index (χ4v) is 2.76. The second-order valence-electron chi connectivity index (χ2n) is 4.55. The molecule has 106 valence electrons. The van der Waals surface area contributed by atoms with Gasteiger partial charge in [0.15, 0.2) is 5.17 Å². The van der Waals surface area contributed by atoms with Crippen molar-refractivity contribution in [2.45, 2.75) is 18.7 Å². The third-order valence-electron chi connectivity index (χ3n) is 2.85. The number of aliphatic imine (C=N–C) groups is 1. The molecular formula is C15H19N3OS. The lowest BCUT2D eigenvalue weighted by atomic mass is 10.1. The van der Waals surface area contributed by atoms with Gasteiger partial charge in [-0.1, -0.05) is 36.0 Å². The predicted octanol–water partition coefficient (Wildman–Crippen LogP) is 2.82. The molecule has 0 spiro atoms. The van der Waals surface area contributed by atoms with E-state index in [1.54, 1.807) is 7.11 Å². The summed E-state index contributed by atoms with van der Waals surface area (Å²) in [4.78, 5) is 8.81. The van der Waals surface area contributed by atoms with Crippen LogP contribution in [0.2, 0.25) is 0 Å². The fourth-order valence-electron chi connectivity index (χ4n) is 1.97. The lowest BCUT2D eigenvalue weighted by Crippen LogP contribution is -2.15. The first kappa shape index (κ1) is 14.8. The van der Waals surface area contributed by atoms with Gasteiger partial charge in [-0.2, -0.15) is 0 Å². The van der Waals surface area contributed by atoms with Gasteiger partial charge in [0.1, 0.15) is 0 Å². The molecule has 0 fully saturated rings. The summed E-state index contributed by atoms with van der Waals surface area (Å²) in [7, 11) is 1.66. The van der Waals surface area contributed by atoms with Crippen LogP contribution in [-0.2, 0) is 10.5 Å². The average Bonchev–Trinajstić information content (AvgIpc) is 2.45. The number of hydrogen-bond acceptors (Lipinski definition) is 4. The molecule has 1 heterocycles. The van der Waals surface area contributed by atoms with Crippen molar-refractivity contribution in [1.82, 2.24) is 4.98 Å². The summed E-state index contributed by atoms with van der Waals surface area (Å²) in [5, 5.41) is 1.73. The Morgan fingerprint density at radius 1 is 1.40 bits per heavy atom.